The van der Waals surface area contributed by atoms with Crippen LogP contribution >= 0.6 is 0 Å². The van der Waals surface area contributed by atoms with Crippen molar-refractivity contribution in [2.75, 3.05) is 13.2 Å². The van der Waals surface area contributed by atoms with Crippen LogP contribution in [-0.4, -0.2) is 34.6 Å². The van der Waals surface area contributed by atoms with E-state index < -0.39 is 5.91 Å². The Hall–Kier alpha value is -3.68. The highest BCUT2D eigenvalue weighted by molar-refractivity contribution is 6.06. The fourth-order valence-electron chi connectivity index (χ4n) is 3.26. The lowest BCUT2D eigenvalue weighted by atomic mass is 10.1. The fraction of sp³-hybridized carbons (Fsp3) is 0.273. The van der Waals surface area contributed by atoms with Crippen LogP contribution in [0, 0.1) is 0 Å². The summed E-state index contributed by atoms with van der Waals surface area (Å²) in [6, 6.07) is 12.5. The molecule has 0 saturated heterocycles. The molecule has 1 aliphatic heterocycles. The minimum Gasteiger partial charge on any atom is -0.490 e. The Kier molecular flexibility index (Phi) is 5.47. The molecule has 1 aliphatic rings. The summed E-state index contributed by atoms with van der Waals surface area (Å²) in [5.41, 5.74) is 3.89. The number of hydrogen-bond acceptors (Lipinski definition) is 6. The molecule has 2 aromatic carbocycles. The van der Waals surface area contributed by atoms with Crippen LogP contribution in [0.1, 0.15) is 36.3 Å². The van der Waals surface area contributed by atoms with E-state index in [9.17, 15) is 9.59 Å². The molecule has 8 heteroatoms. The maximum atomic E-state index is 12.8. The molecule has 1 N–H and O–H groups in total. The second-order valence-corrected chi connectivity index (χ2v) is 6.87. The Morgan fingerprint density at radius 1 is 1.13 bits per heavy atom. The van der Waals surface area contributed by atoms with Gasteiger partial charge in [0.05, 0.1) is 24.3 Å². The van der Waals surface area contributed by atoms with Crippen molar-refractivity contribution in [1.82, 2.24) is 15.2 Å². The highest BCUT2D eigenvalue weighted by Gasteiger charge is 2.16. The van der Waals surface area contributed by atoms with Gasteiger partial charge in [0.2, 0.25) is 0 Å². The molecular formula is C22H22N4O4. The van der Waals surface area contributed by atoms with Crippen molar-refractivity contribution in [2.24, 2.45) is 5.10 Å². The zero-order valence-corrected chi connectivity index (χ0v) is 16.8. The molecule has 30 heavy (non-hydrogen) atoms. The normalized spacial score (nSPS) is 13.7. The van der Waals surface area contributed by atoms with E-state index in [0.717, 1.165) is 12.0 Å². The number of rotatable bonds is 4. The quantitative estimate of drug-likeness (QED) is 0.531. The number of nitrogens with one attached hydrogen (secondary N) is 1. The largest absolute Gasteiger partial charge is 0.490 e. The summed E-state index contributed by atoms with van der Waals surface area (Å²) in [5, 5.41) is 9.39. The molecule has 0 bridgehead atoms. The number of carbonyl (C=O) groups is 1. The highest BCUT2D eigenvalue weighted by atomic mass is 16.5. The van der Waals surface area contributed by atoms with Gasteiger partial charge in [0, 0.05) is 23.9 Å². The number of aryl methyl sites for hydroxylation is 1. The maximum Gasteiger partial charge on any atom is 0.292 e. The van der Waals surface area contributed by atoms with Crippen LogP contribution in [0.3, 0.4) is 0 Å². The molecule has 0 spiro atoms. The fourth-order valence-corrected chi connectivity index (χ4v) is 3.26. The molecule has 0 radical (unpaired) electrons. The van der Waals surface area contributed by atoms with E-state index in [2.05, 4.69) is 15.6 Å². The first-order valence-electron chi connectivity index (χ1n) is 9.83. The third kappa shape index (κ3) is 3.76. The number of aromatic nitrogens is 2. The van der Waals surface area contributed by atoms with Crippen LogP contribution in [0.15, 0.2) is 52.4 Å². The molecule has 0 aliphatic carbocycles. The number of amides is 1. The topological polar surface area (TPSA) is 94.8 Å². The van der Waals surface area contributed by atoms with Crippen LogP contribution in [0.2, 0.25) is 0 Å². The maximum absolute atomic E-state index is 12.8. The van der Waals surface area contributed by atoms with Crippen molar-refractivity contribution in [3.05, 3.63) is 64.1 Å². The third-order valence-corrected chi connectivity index (χ3v) is 4.87. The summed E-state index contributed by atoms with van der Waals surface area (Å²) in [7, 11) is 0. The Bertz CT molecular complexity index is 1200. The summed E-state index contributed by atoms with van der Waals surface area (Å²) >= 11 is 0. The van der Waals surface area contributed by atoms with Gasteiger partial charge in [0.15, 0.2) is 17.2 Å². The van der Waals surface area contributed by atoms with Gasteiger partial charge in [-0.25, -0.2) is 10.1 Å². The lowest BCUT2D eigenvalue weighted by Gasteiger charge is -2.10. The molecule has 0 unspecified atom stereocenters. The van der Waals surface area contributed by atoms with Crippen molar-refractivity contribution >= 4 is 22.4 Å². The van der Waals surface area contributed by atoms with Crippen molar-refractivity contribution < 1.29 is 14.3 Å². The molecule has 0 fully saturated rings. The summed E-state index contributed by atoms with van der Waals surface area (Å²) in [5.74, 6) is 0.876. The van der Waals surface area contributed by atoms with E-state index >= 15 is 0 Å². The second-order valence-electron chi connectivity index (χ2n) is 6.87. The van der Waals surface area contributed by atoms with Gasteiger partial charge in [-0.1, -0.05) is 18.2 Å². The van der Waals surface area contributed by atoms with E-state index in [4.69, 9.17) is 9.47 Å². The second kappa shape index (κ2) is 8.36. The zero-order valence-electron chi connectivity index (χ0n) is 16.8. The SMILES string of the molecule is CCn1nc(C(=O)N/N=C(/C)c2ccc3c(c2)OCCCO3)c2ccccc2c1=O. The molecule has 0 atom stereocenters. The van der Waals surface area contributed by atoms with Crippen LogP contribution in [0.5, 0.6) is 11.5 Å². The molecule has 2 heterocycles. The van der Waals surface area contributed by atoms with E-state index in [0.29, 0.717) is 47.7 Å². The number of hydrogen-bond donors (Lipinski definition) is 1. The molecule has 4 rings (SSSR count). The standard InChI is InChI=1S/C22H22N4O4/c1-3-26-22(28)17-8-5-4-7-16(17)20(25-26)21(27)24-23-14(2)15-9-10-18-19(13-15)30-12-6-11-29-18/h4-5,7-10,13H,3,6,11-12H2,1-2H3,(H,24,27)/b23-14-. The molecular weight excluding hydrogens is 384 g/mol. The molecule has 1 aromatic heterocycles. The van der Waals surface area contributed by atoms with Crippen molar-refractivity contribution in [1.29, 1.82) is 0 Å². The van der Waals surface area contributed by atoms with E-state index in [1.165, 1.54) is 4.68 Å². The van der Waals surface area contributed by atoms with Gasteiger partial charge in [0.1, 0.15) is 0 Å². The first-order chi connectivity index (χ1) is 14.6. The average molecular weight is 406 g/mol. The molecule has 8 nitrogen and oxygen atoms in total. The Labute approximate surface area is 173 Å². The van der Waals surface area contributed by atoms with Crippen LogP contribution in [-0.2, 0) is 6.54 Å². The van der Waals surface area contributed by atoms with Crippen molar-refractivity contribution in [2.45, 2.75) is 26.8 Å². The monoisotopic (exact) mass is 406 g/mol. The molecule has 1 amide bonds. The van der Waals surface area contributed by atoms with Gasteiger partial charge in [-0.2, -0.15) is 10.2 Å². The lowest BCUT2D eigenvalue weighted by molar-refractivity contribution is 0.0949. The average Bonchev–Trinajstić information content (AvgIpc) is 3.02. The minimum absolute atomic E-state index is 0.155. The number of ether oxygens (including phenoxy) is 2. The molecule has 0 saturated carbocycles. The summed E-state index contributed by atoms with van der Waals surface area (Å²) in [6.45, 7) is 5.17. The lowest BCUT2D eigenvalue weighted by Crippen LogP contribution is -2.28. The van der Waals surface area contributed by atoms with Gasteiger partial charge < -0.3 is 9.47 Å². The smallest absolute Gasteiger partial charge is 0.292 e. The summed E-state index contributed by atoms with van der Waals surface area (Å²) in [4.78, 5) is 25.3. The zero-order chi connectivity index (χ0) is 21.1. The van der Waals surface area contributed by atoms with Gasteiger partial charge in [-0.15, -0.1) is 0 Å². The highest BCUT2D eigenvalue weighted by Crippen LogP contribution is 2.30. The predicted molar refractivity (Wildman–Crippen MR) is 113 cm³/mol. The predicted octanol–water partition coefficient (Wildman–Crippen LogP) is 2.73. The first-order valence-corrected chi connectivity index (χ1v) is 9.83. The summed E-state index contributed by atoms with van der Waals surface area (Å²) in [6.07, 6.45) is 0.827. The Balaban J connectivity index is 1.62. The minimum atomic E-state index is -0.484. The number of hydrazone groups is 1. The van der Waals surface area contributed by atoms with E-state index in [1.807, 2.05) is 18.2 Å². The van der Waals surface area contributed by atoms with Gasteiger partial charge in [-0.05, 0) is 38.1 Å². The van der Waals surface area contributed by atoms with Crippen LogP contribution < -0.4 is 20.5 Å². The van der Waals surface area contributed by atoms with Crippen LogP contribution in [0.25, 0.3) is 10.8 Å². The number of fused-ring (bicyclic) bond motifs is 2. The van der Waals surface area contributed by atoms with Gasteiger partial charge in [0.25, 0.3) is 11.5 Å². The molecule has 154 valence electrons. The number of nitrogens with zero attached hydrogens (tertiary/aromatic N) is 3. The van der Waals surface area contributed by atoms with E-state index in [-0.39, 0.29) is 11.3 Å². The van der Waals surface area contributed by atoms with Gasteiger partial charge in [-0.3, -0.25) is 9.59 Å². The summed E-state index contributed by atoms with van der Waals surface area (Å²) < 4.78 is 12.6. The van der Waals surface area contributed by atoms with Crippen molar-refractivity contribution in [3.8, 4) is 11.5 Å². The number of carbonyl (C=O) groups excluding carboxylic acids is 1. The Morgan fingerprint density at radius 2 is 1.87 bits per heavy atom. The first kappa shape index (κ1) is 19.6. The van der Waals surface area contributed by atoms with Gasteiger partial charge >= 0.3 is 0 Å². The van der Waals surface area contributed by atoms with E-state index in [1.54, 1.807) is 38.1 Å². The molecule has 3 aromatic rings. The van der Waals surface area contributed by atoms with Crippen molar-refractivity contribution in [3.63, 3.8) is 0 Å². The van der Waals surface area contributed by atoms with Crippen LogP contribution in [0.4, 0.5) is 0 Å². The number of benzene rings is 2. The Morgan fingerprint density at radius 3 is 2.63 bits per heavy atom. The third-order valence-electron chi connectivity index (χ3n) is 4.87.